The number of benzene rings is 1. The molecular weight excluding hydrogens is 310 g/mol. The monoisotopic (exact) mass is 337 g/mol. The molecule has 0 aromatic heterocycles. The summed E-state index contributed by atoms with van der Waals surface area (Å²) in [5, 5.41) is 3.79. The normalized spacial score (nSPS) is 24.6. The van der Waals surface area contributed by atoms with Crippen LogP contribution in [0.1, 0.15) is 64.0 Å². The summed E-state index contributed by atoms with van der Waals surface area (Å²) in [5.41, 5.74) is 1.41. The molecule has 1 unspecified atom stereocenters. The Bertz CT molecular complexity index is 379. The first-order chi connectivity index (χ1) is 9.72. The number of hydrogen-bond donors (Lipinski definition) is 1. The van der Waals surface area contributed by atoms with Gasteiger partial charge in [-0.15, -0.1) is 0 Å². The quantitative estimate of drug-likeness (QED) is 0.701. The Hall–Kier alpha value is -0.340. The second-order valence-electron chi connectivity index (χ2n) is 6.22. The van der Waals surface area contributed by atoms with E-state index in [2.05, 4.69) is 59.4 Å². The van der Waals surface area contributed by atoms with Crippen molar-refractivity contribution in [2.24, 2.45) is 11.8 Å². The van der Waals surface area contributed by atoms with Gasteiger partial charge >= 0.3 is 0 Å². The maximum atomic E-state index is 3.79. The molecule has 20 heavy (non-hydrogen) atoms. The summed E-state index contributed by atoms with van der Waals surface area (Å²) in [6.07, 6.45) is 8.25. The van der Waals surface area contributed by atoms with E-state index in [0.29, 0.717) is 6.04 Å². The Morgan fingerprint density at radius 1 is 1.05 bits per heavy atom. The van der Waals surface area contributed by atoms with E-state index in [1.54, 1.807) is 0 Å². The molecule has 1 saturated carbocycles. The van der Waals surface area contributed by atoms with Gasteiger partial charge in [0.2, 0.25) is 0 Å². The molecule has 1 atom stereocenters. The van der Waals surface area contributed by atoms with E-state index >= 15 is 0 Å². The van der Waals surface area contributed by atoms with Gasteiger partial charge in [-0.3, -0.25) is 0 Å². The number of halogens is 1. The van der Waals surface area contributed by atoms with Crippen LogP contribution >= 0.6 is 15.9 Å². The Balaban J connectivity index is 1.81. The van der Waals surface area contributed by atoms with Crippen molar-refractivity contribution < 1.29 is 0 Å². The van der Waals surface area contributed by atoms with Gasteiger partial charge in [0.05, 0.1) is 0 Å². The Labute approximate surface area is 132 Å². The summed E-state index contributed by atoms with van der Waals surface area (Å²) in [5.74, 6) is 1.89. The van der Waals surface area contributed by atoms with E-state index < -0.39 is 0 Å². The molecule has 112 valence electrons. The van der Waals surface area contributed by atoms with E-state index in [0.717, 1.165) is 22.7 Å². The number of rotatable bonds is 6. The van der Waals surface area contributed by atoms with Gasteiger partial charge < -0.3 is 5.32 Å². The molecule has 0 amide bonds. The molecule has 2 rings (SSSR count). The molecule has 0 radical (unpaired) electrons. The highest BCUT2D eigenvalue weighted by molar-refractivity contribution is 9.10. The average Bonchev–Trinajstić information content (AvgIpc) is 2.50. The molecule has 1 aliphatic rings. The van der Waals surface area contributed by atoms with Crippen molar-refractivity contribution in [2.75, 3.05) is 6.54 Å². The predicted molar refractivity (Wildman–Crippen MR) is 90.9 cm³/mol. The fourth-order valence-corrected chi connectivity index (χ4v) is 3.61. The second-order valence-corrected chi connectivity index (χ2v) is 7.13. The molecule has 0 aliphatic heterocycles. The molecule has 2 heteroatoms. The second kappa shape index (κ2) is 8.19. The van der Waals surface area contributed by atoms with Crippen molar-refractivity contribution >= 4 is 15.9 Å². The standard InChI is InChI=1S/C18H28BrN/c1-3-14-5-7-15(8-6-14)13-20-18(4-2)16-9-11-17(19)12-10-16/h9-12,14-15,18,20H,3-8,13H2,1-2H3. The molecule has 0 heterocycles. The maximum absolute atomic E-state index is 3.79. The summed E-state index contributed by atoms with van der Waals surface area (Å²) in [7, 11) is 0. The Kier molecular flexibility index (Phi) is 6.57. The van der Waals surface area contributed by atoms with Crippen LogP contribution in [0.15, 0.2) is 28.7 Å². The lowest BCUT2D eigenvalue weighted by molar-refractivity contribution is 0.256. The largest absolute Gasteiger partial charge is 0.310 e. The van der Waals surface area contributed by atoms with Gasteiger partial charge in [-0.25, -0.2) is 0 Å². The molecule has 1 aliphatic carbocycles. The van der Waals surface area contributed by atoms with Gasteiger partial charge in [-0.2, -0.15) is 0 Å². The molecule has 0 bridgehead atoms. The number of nitrogens with one attached hydrogen (secondary N) is 1. The van der Waals surface area contributed by atoms with E-state index in [1.807, 2.05) is 0 Å². The third-order valence-corrected chi connectivity index (χ3v) is 5.41. The van der Waals surface area contributed by atoms with Gasteiger partial charge in [-0.1, -0.05) is 61.2 Å². The Morgan fingerprint density at radius 3 is 2.20 bits per heavy atom. The van der Waals surface area contributed by atoms with E-state index in [1.165, 1.54) is 44.2 Å². The minimum atomic E-state index is 0.506. The van der Waals surface area contributed by atoms with E-state index in [-0.39, 0.29) is 0 Å². The van der Waals surface area contributed by atoms with Crippen LogP contribution in [0.3, 0.4) is 0 Å². The fourth-order valence-electron chi connectivity index (χ4n) is 3.35. The fraction of sp³-hybridized carbons (Fsp3) is 0.667. The van der Waals surface area contributed by atoms with Crippen LogP contribution in [0.5, 0.6) is 0 Å². The summed E-state index contributed by atoms with van der Waals surface area (Å²) in [6.45, 7) is 5.79. The van der Waals surface area contributed by atoms with Gasteiger partial charge in [0, 0.05) is 10.5 Å². The van der Waals surface area contributed by atoms with Crippen molar-refractivity contribution in [1.29, 1.82) is 0 Å². The molecule has 1 N–H and O–H groups in total. The van der Waals surface area contributed by atoms with E-state index in [9.17, 15) is 0 Å². The minimum Gasteiger partial charge on any atom is -0.310 e. The van der Waals surface area contributed by atoms with Crippen LogP contribution in [0, 0.1) is 11.8 Å². The van der Waals surface area contributed by atoms with Crippen LogP contribution in [0.4, 0.5) is 0 Å². The summed E-state index contributed by atoms with van der Waals surface area (Å²) >= 11 is 3.51. The maximum Gasteiger partial charge on any atom is 0.0317 e. The molecule has 0 spiro atoms. The highest BCUT2D eigenvalue weighted by Crippen LogP contribution is 2.30. The van der Waals surface area contributed by atoms with Crippen LogP contribution in [0.2, 0.25) is 0 Å². The lowest BCUT2D eigenvalue weighted by Crippen LogP contribution is -2.29. The minimum absolute atomic E-state index is 0.506. The van der Waals surface area contributed by atoms with Gasteiger partial charge in [0.15, 0.2) is 0 Å². The summed E-state index contributed by atoms with van der Waals surface area (Å²) < 4.78 is 1.16. The zero-order valence-electron chi connectivity index (χ0n) is 12.9. The lowest BCUT2D eigenvalue weighted by Gasteiger charge is -2.29. The molecule has 1 fully saturated rings. The topological polar surface area (TPSA) is 12.0 Å². The van der Waals surface area contributed by atoms with Crippen molar-refractivity contribution in [3.63, 3.8) is 0 Å². The third kappa shape index (κ3) is 4.60. The smallest absolute Gasteiger partial charge is 0.0317 e. The van der Waals surface area contributed by atoms with Crippen molar-refractivity contribution in [2.45, 2.75) is 58.4 Å². The van der Waals surface area contributed by atoms with Crippen LogP contribution in [-0.2, 0) is 0 Å². The van der Waals surface area contributed by atoms with E-state index in [4.69, 9.17) is 0 Å². The molecule has 1 nitrogen and oxygen atoms in total. The summed E-state index contributed by atoms with van der Waals surface area (Å²) in [6, 6.07) is 9.27. The van der Waals surface area contributed by atoms with Crippen LogP contribution in [-0.4, -0.2) is 6.54 Å². The first-order valence-electron chi connectivity index (χ1n) is 8.21. The first kappa shape index (κ1) is 16.0. The Morgan fingerprint density at radius 2 is 1.65 bits per heavy atom. The van der Waals surface area contributed by atoms with Crippen molar-refractivity contribution in [3.05, 3.63) is 34.3 Å². The molecule has 1 aromatic carbocycles. The molecule has 0 saturated heterocycles. The SMILES string of the molecule is CCC1CCC(CNC(CC)c2ccc(Br)cc2)CC1. The zero-order chi connectivity index (χ0) is 14.4. The van der Waals surface area contributed by atoms with Crippen LogP contribution in [0.25, 0.3) is 0 Å². The third-order valence-electron chi connectivity index (χ3n) is 4.88. The number of hydrogen-bond acceptors (Lipinski definition) is 1. The molecular formula is C18H28BrN. The lowest BCUT2D eigenvalue weighted by atomic mass is 9.81. The highest BCUT2D eigenvalue weighted by Gasteiger charge is 2.20. The van der Waals surface area contributed by atoms with Gasteiger partial charge in [0.1, 0.15) is 0 Å². The van der Waals surface area contributed by atoms with Crippen LogP contribution < -0.4 is 5.32 Å². The zero-order valence-corrected chi connectivity index (χ0v) is 14.5. The first-order valence-corrected chi connectivity index (χ1v) is 9.01. The summed E-state index contributed by atoms with van der Waals surface area (Å²) in [4.78, 5) is 0. The van der Waals surface area contributed by atoms with Crippen molar-refractivity contribution in [3.8, 4) is 0 Å². The predicted octanol–water partition coefficient (Wildman–Crippen LogP) is 5.71. The van der Waals surface area contributed by atoms with Gasteiger partial charge in [-0.05, 0) is 55.3 Å². The highest BCUT2D eigenvalue weighted by atomic mass is 79.9. The van der Waals surface area contributed by atoms with Crippen molar-refractivity contribution in [1.82, 2.24) is 5.32 Å². The molecule has 1 aromatic rings. The van der Waals surface area contributed by atoms with Gasteiger partial charge in [0.25, 0.3) is 0 Å². The average molecular weight is 338 g/mol.